The molecule has 2 N–H and O–H groups in total. The molecule has 5 nitrogen and oxygen atoms in total. The molecule has 1 aromatic heterocycles. The van der Waals surface area contributed by atoms with Gasteiger partial charge in [0.1, 0.15) is 0 Å². The van der Waals surface area contributed by atoms with E-state index in [0.717, 1.165) is 30.5 Å². The number of aromatic amines is 1. The molecule has 0 radical (unpaired) electrons. The number of hydrogen-bond donors (Lipinski definition) is 2. The molecule has 5 heteroatoms. The third kappa shape index (κ3) is 2.23. The second kappa shape index (κ2) is 3.84. The number of nitrogens with one attached hydrogen (secondary N) is 2. The number of rotatable bonds is 1. The molecule has 1 aliphatic rings. The van der Waals surface area contributed by atoms with Crippen molar-refractivity contribution in [3.63, 3.8) is 0 Å². The van der Waals surface area contributed by atoms with Crippen LogP contribution in [0.4, 0.5) is 0 Å². The predicted molar refractivity (Wildman–Crippen MR) is 54.5 cm³/mol. The summed E-state index contributed by atoms with van der Waals surface area (Å²) in [5.41, 5.74) is 1.68. The van der Waals surface area contributed by atoms with E-state index in [2.05, 4.69) is 15.3 Å². The number of nitrogens with zero attached hydrogens (tertiary/aromatic N) is 1. The van der Waals surface area contributed by atoms with E-state index in [-0.39, 0.29) is 17.6 Å². The lowest BCUT2D eigenvalue weighted by atomic mass is 9.93. The summed E-state index contributed by atoms with van der Waals surface area (Å²) >= 11 is 0. The smallest absolute Gasteiger partial charge is 0.345 e. The molecule has 1 aliphatic carbocycles. The van der Waals surface area contributed by atoms with Gasteiger partial charge in [-0.1, -0.05) is 0 Å². The Morgan fingerprint density at radius 2 is 2.47 bits per heavy atom. The Morgan fingerprint density at radius 3 is 3.20 bits per heavy atom. The Kier molecular flexibility index (Phi) is 2.53. The largest absolute Gasteiger partial charge is 0.353 e. The number of hydrogen-bond acceptors (Lipinski definition) is 3. The molecule has 0 fully saturated rings. The number of carbonyl (C=O) groups is 1. The minimum Gasteiger partial charge on any atom is -0.353 e. The molecule has 0 aromatic carbocycles. The monoisotopic (exact) mass is 207 g/mol. The number of H-pyrrole nitrogens is 1. The Labute approximate surface area is 86.9 Å². The molecule has 80 valence electrons. The van der Waals surface area contributed by atoms with Crippen LogP contribution in [-0.4, -0.2) is 21.9 Å². The molecular formula is C10H13N3O2. The summed E-state index contributed by atoms with van der Waals surface area (Å²) in [4.78, 5) is 28.3. The van der Waals surface area contributed by atoms with Crippen LogP contribution in [0.2, 0.25) is 0 Å². The zero-order valence-electron chi connectivity index (χ0n) is 8.54. The standard InChI is InChI=1S/C10H13N3O2/c1-6(14)12-8-2-3-9-7(4-8)5-11-10(15)13-9/h5,8H,2-4H2,1H3,(H,12,14)(H,11,13,15)/t8-/m0/s1. The summed E-state index contributed by atoms with van der Waals surface area (Å²) < 4.78 is 0. The van der Waals surface area contributed by atoms with Gasteiger partial charge in [-0.25, -0.2) is 9.78 Å². The lowest BCUT2D eigenvalue weighted by molar-refractivity contribution is -0.119. The van der Waals surface area contributed by atoms with Crippen molar-refractivity contribution in [2.45, 2.75) is 32.2 Å². The predicted octanol–water partition coefficient (Wildman–Crippen LogP) is -0.237. The van der Waals surface area contributed by atoms with Crippen molar-refractivity contribution in [3.8, 4) is 0 Å². The van der Waals surface area contributed by atoms with Crippen LogP contribution in [0.5, 0.6) is 0 Å². The summed E-state index contributed by atoms with van der Waals surface area (Å²) in [7, 11) is 0. The highest BCUT2D eigenvalue weighted by atomic mass is 16.1. The van der Waals surface area contributed by atoms with Gasteiger partial charge in [0.25, 0.3) is 0 Å². The van der Waals surface area contributed by atoms with Crippen molar-refractivity contribution in [1.82, 2.24) is 15.3 Å². The minimum atomic E-state index is -0.299. The zero-order valence-corrected chi connectivity index (χ0v) is 8.54. The molecule has 1 heterocycles. The van der Waals surface area contributed by atoms with Crippen molar-refractivity contribution in [2.24, 2.45) is 0 Å². The van der Waals surface area contributed by atoms with E-state index in [1.807, 2.05) is 0 Å². The summed E-state index contributed by atoms with van der Waals surface area (Å²) in [6.07, 6.45) is 4.01. The van der Waals surface area contributed by atoms with Gasteiger partial charge in [-0.2, -0.15) is 0 Å². The fourth-order valence-electron chi connectivity index (χ4n) is 1.95. The number of fused-ring (bicyclic) bond motifs is 1. The van der Waals surface area contributed by atoms with E-state index >= 15 is 0 Å². The van der Waals surface area contributed by atoms with Crippen LogP contribution in [-0.2, 0) is 17.6 Å². The maximum atomic E-state index is 11.0. The van der Waals surface area contributed by atoms with E-state index in [1.165, 1.54) is 6.92 Å². The number of carbonyl (C=O) groups excluding carboxylic acids is 1. The average molecular weight is 207 g/mol. The van der Waals surface area contributed by atoms with Gasteiger partial charge in [-0.05, 0) is 24.8 Å². The lowest BCUT2D eigenvalue weighted by Gasteiger charge is -2.23. The van der Waals surface area contributed by atoms with Gasteiger partial charge in [-0.15, -0.1) is 0 Å². The fourth-order valence-corrected chi connectivity index (χ4v) is 1.95. The van der Waals surface area contributed by atoms with Gasteiger partial charge in [0.15, 0.2) is 0 Å². The SMILES string of the molecule is CC(=O)N[C@H]1CCc2[nH]c(=O)ncc2C1. The molecular weight excluding hydrogens is 194 g/mol. The van der Waals surface area contributed by atoms with Crippen molar-refractivity contribution >= 4 is 5.91 Å². The third-order valence-electron chi connectivity index (χ3n) is 2.60. The first-order valence-corrected chi connectivity index (χ1v) is 4.99. The van der Waals surface area contributed by atoms with Crippen LogP contribution in [0.15, 0.2) is 11.0 Å². The van der Waals surface area contributed by atoms with Crippen LogP contribution >= 0.6 is 0 Å². The van der Waals surface area contributed by atoms with Crippen LogP contribution in [0.3, 0.4) is 0 Å². The molecule has 2 rings (SSSR count). The molecule has 0 saturated carbocycles. The van der Waals surface area contributed by atoms with Crippen LogP contribution in [0.1, 0.15) is 24.6 Å². The van der Waals surface area contributed by atoms with Crippen molar-refractivity contribution in [3.05, 3.63) is 27.9 Å². The topological polar surface area (TPSA) is 74.8 Å². The Morgan fingerprint density at radius 1 is 1.67 bits per heavy atom. The number of aromatic nitrogens is 2. The minimum absolute atomic E-state index is 0.0131. The molecule has 15 heavy (non-hydrogen) atoms. The first-order valence-electron chi connectivity index (χ1n) is 4.99. The van der Waals surface area contributed by atoms with Crippen LogP contribution < -0.4 is 11.0 Å². The summed E-state index contributed by atoms with van der Waals surface area (Å²) in [5.74, 6) is -0.0131. The van der Waals surface area contributed by atoms with Crippen molar-refractivity contribution in [1.29, 1.82) is 0 Å². The quantitative estimate of drug-likeness (QED) is 0.667. The molecule has 0 bridgehead atoms. The van der Waals surface area contributed by atoms with Crippen molar-refractivity contribution in [2.75, 3.05) is 0 Å². The average Bonchev–Trinajstić information content (AvgIpc) is 2.17. The summed E-state index contributed by atoms with van der Waals surface area (Å²) in [6, 6.07) is 0.169. The maximum Gasteiger partial charge on any atom is 0.345 e. The van der Waals surface area contributed by atoms with E-state index < -0.39 is 0 Å². The van der Waals surface area contributed by atoms with E-state index in [0.29, 0.717) is 0 Å². The van der Waals surface area contributed by atoms with Crippen molar-refractivity contribution < 1.29 is 4.79 Å². The molecule has 0 aliphatic heterocycles. The second-order valence-corrected chi connectivity index (χ2v) is 3.83. The molecule has 0 spiro atoms. The molecule has 1 aromatic rings. The molecule has 1 amide bonds. The lowest BCUT2D eigenvalue weighted by Crippen LogP contribution is -2.38. The first-order chi connectivity index (χ1) is 7.15. The Balaban J connectivity index is 2.16. The third-order valence-corrected chi connectivity index (χ3v) is 2.60. The van der Waals surface area contributed by atoms with Gasteiger partial charge in [0, 0.05) is 24.9 Å². The number of amides is 1. The van der Waals surface area contributed by atoms with E-state index in [4.69, 9.17) is 0 Å². The highest BCUT2D eigenvalue weighted by Gasteiger charge is 2.19. The highest BCUT2D eigenvalue weighted by Crippen LogP contribution is 2.17. The Bertz CT molecular complexity index is 439. The number of aryl methyl sites for hydroxylation is 1. The van der Waals surface area contributed by atoms with Gasteiger partial charge >= 0.3 is 5.69 Å². The molecule has 0 unspecified atom stereocenters. The fraction of sp³-hybridized carbons (Fsp3) is 0.500. The van der Waals surface area contributed by atoms with Gasteiger partial charge < -0.3 is 10.3 Å². The van der Waals surface area contributed by atoms with Crippen LogP contribution in [0.25, 0.3) is 0 Å². The second-order valence-electron chi connectivity index (χ2n) is 3.83. The normalized spacial score (nSPS) is 19.4. The Hall–Kier alpha value is -1.65. The molecule has 1 atom stereocenters. The van der Waals surface area contributed by atoms with Gasteiger partial charge in [-0.3, -0.25) is 4.79 Å². The molecule has 0 saturated heterocycles. The summed E-state index contributed by atoms with van der Waals surface area (Å²) in [5, 5.41) is 2.88. The maximum absolute atomic E-state index is 11.0. The highest BCUT2D eigenvalue weighted by molar-refractivity contribution is 5.73. The van der Waals surface area contributed by atoms with Gasteiger partial charge in [0.05, 0.1) is 0 Å². The van der Waals surface area contributed by atoms with Crippen LogP contribution in [0, 0.1) is 0 Å². The summed E-state index contributed by atoms with van der Waals surface area (Å²) in [6.45, 7) is 1.51. The van der Waals surface area contributed by atoms with E-state index in [1.54, 1.807) is 6.20 Å². The van der Waals surface area contributed by atoms with E-state index in [9.17, 15) is 9.59 Å². The zero-order chi connectivity index (χ0) is 10.8. The van der Waals surface area contributed by atoms with Gasteiger partial charge in [0.2, 0.25) is 5.91 Å². The first kappa shape index (κ1) is 9.89.